The first-order valence-electron chi connectivity index (χ1n) is 10.4. The summed E-state index contributed by atoms with van der Waals surface area (Å²) >= 11 is 0. The van der Waals surface area contributed by atoms with E-state index in [0.29, 0.717) is 18.4 Å². The first-order chi connectivity index (χ1) is 13.7. The van der Waals surface area contributed by atoms with Crippen LogP contribution in [0, 0.1) is 12.8 Å². The summed E-state index contributed by atoms with van der Waals surface area (Å²) in [5, 5.41) is 6.46. The van der Waals surface area contributed by atoms with Gasteiger partial charge in [0.15, 0.2) is 0 Å². The number of hydrogen-bond donors (Lipinski definition) is 2. The predicted molar refractivity (Wildman–Crippen MR) is 113 cm³/mol. The van der Waals surface area contributed by atoms with Gasteiger partial charge in [-0.3, -0.25) is 4.79 Å². The summed E-state index contributed by atoms with van der Waals surface area (Å²) in [7, 11) is 0. The maximum atomic E-state index is 12.3. The number of nitrogens with one attached hydrogen (secondary N) is 2. The van der Waals surface area contributed by atoms with Gasteiger partial charge < -0.3 is 15.5 Å². The number of anilines is 3. The molecule has 1 atom stereocenters. The van der Waals surface area contributed by atoms with E-state index in [1.54, 1.807) is 6.33 Å². The van der Waals surface area contributed by atoms with E-state index in [1.165, 1.54) is 19.3 Å². The monoisotopic (exact) mass is 379 g/mol. The molecule has 1 aromatic carbocycles. The van der Waals surface area contributed by atoms with Gasteiger partial charge in [0, 0.05) is 37.3 Å². The van der Waals surface area contributed by atoms with Crippen LogP contribution >= 0.6 is 0 Å². The Balaban J connectivity index is 1.28. The number of amides is 1. The van der Waals surface area contributed by atoms with Gasteiger partial charge in [-0.1, -0.05) is 12.1 Å². The van der Waals surface area contributed by atoms with Crippen LogP contribution in [0.1, 0.15) is 44.1 Å². The second kappa shape index (κ2) is 8.59. The molecule has 148 valence electrons. The molecule has 6 heteroatoms. The summed E-state index contributed by atoms with van der Waals surface area (Å²) in [5.41, 5.74) is 2.04. The van der Waals surface area contributed by atoms with Crippen LogP contribution in [0.25, 0.3) is 0 Å². The number of piperidine rings is 1. The molecule has 0 unspecified atom stereocenters. The fourth-order valence-electron chi connectivity index (χ4n) is 3.83. The van der Waals surface area contributed by atoms with Gasteiger partial charge in [-0.25, -0.2) is 9.97 Å². The van der Waals surface area contributed by atoms with Gasteiger partial charge >= 0.3 is 0 Å². The van der Waals surface area contributed by atoms with Crippen LogP contribution in [0.4, 0.5) is 17.3 Å². The van der Waals surface area contributed by atoms with E-state index in [1.807, 2.05) is 31.2 Å². The quantitative estimate of drug-likeness (QED) is 0.761. The minimum atomic E-state index is 0.0979. The molecule has 0 spiro atoms. The lowest BCUT2D eigenvalue weighted by molar-refractivity contribution is -0.116. The molecule has 1 amide bonds. The Morgan fingerprint density at radius 2 is 2.11 bits per heavy atom. The van der Waals surface area contributed by atoms with Crippen molar-refractivity contribution >= 4 is 23.2 Å². The van der Waals surface area contributed by atoms with Crippen LogP contribution < -0.4 is 15.5 Å². The molecule has 1 saturated heterocycles. The van der Waals surface area contributed by atoms with E-state index >= 15 is 0 Å². The van der Waals surface area contributed by atoms with E-state index < -0.39 is 0 Å². The third kappa shape index (κ3) is 5.21. The molecule has 1 aliphatic carbocycles. The third-order valence-corrected chi connectivity index (χ3v) is 5.51. The number of rotatable bonds is 7. The molecule has 1 aromatic heterocycles. The largest absolute Gasteiger partial charge is 0.367 e. The predicted octanol–water partition coefficient (Wildman–Crippen LogP) is 3.99. The zero-order chi connectivity index (χ0) is 19.3. The van der Waals surface area contributed by atoms with E-state index in [2.05, 4.69) is 31.6 Å². The standard InChI is InChI=1S/C22H29N5O/c1-16-4-2-6-19(12-16)26-22(28)10-7-17-5-3-11-27(14-17)21-13-20(23-15-24-21)25-18-8-9-18/h2,4,6,12-13,15,17-18H,3,5,7-11,14H2,1H3,(H,26,28)(H,23,24,25)/t17-/m1/s1. The number of benzene rings is 1. The Morgan fingerprint density at radius 3 is 2.93 bits per heavy atom. The molecule has 2 heterocycles. The summed E-state index contributed by atoms with van der Waals surface area (Å²) in [4.78, 5) is 23.5. The van der Waals surface area contributed by atoms with Crippen LogP contribution in [-0.4, -0.2) is 35.0 Å². The fourth-order valence-corrected chi connectivity index (χ4v) is 3.83. The molecule has 0 bridgehead atoms. The molecule has 28 heavy (non-hydrogen) atoms. The topological polar surface area (TPSA) is 70.2 Å². The Hall–Kier alpha value is -2.63. The van der Waals surface area contributed by atoms with Gasteiger partial charge in [0.2, 0.25) is 5.91 Å². The van der Waals surface area contributed by atoms with Gasteiger partial charge in [-0.15, -0.1) is 0 Å². The van der Waals surface area contributed by atoms with Crippen molar-refractivity contribution in [2.75, 3.05) is 28.6 Å². The molecular formula is C22H29N5O. The van der Waals surface area contributed by atoms with Gasteiger partial charge in [0.25, 0.3) is 0 Å². The molecule has 6 nitrogen and oxygen atoms in total. The normalized spacial score (nSPS) is 19.3. The van der Waals surface area contributed by atoms with Crippen LogP contribution in [0.15, 0.2) is 36.7 Å². The number of carbonyl (C=O) groups excluding carboxylic acids is 1. The van der Waals surface area contributed by atoms with E-state index in [9.17, 15) is 4.79 Å². The Kier molecular flexibility index (Phi) is 5.74. The second-order valence-electron chi connectivity index (χ2n) is 8.09. The van der Waals surface area contributed by atoms with Crippen molar-refractivity contribution in [3.05, 3.63) is 42.2 Å². The van der Waals surface area contributed by atoms with Crippen molar-refractivity contribution in [3.8, 4) is 0 Å². The molecule has 4 rings (SSSR count). The highest BCUT2D eigenvalue weighted by Crippen LogP contribution is 2.28. The highest BCUT2D eigenvalue weighted by Gasteiger charge is 2.24. The molecule has 1 saturated carbocycles. The maximum absolute atomic E-state index is 12.3. The Labute approximate surface area is 166 Å². The summed E-state index contributed by atoms with van der Waals surface area (Å²) in [6.07, 6.45) is 7.90. The fraction of sp³-hybridized carbons (Fsp3) is 0.500. The molecule has 0 radical (unpaired) electrons. The molecule has 2 fully saturated rings. The lowest BCUT2D eigenvalue weighted by Crippen LogP contribution is -2.36. The maximum Gasteiger partial charge on any atom is 0.224 e. The first-order valence-corrected chi connectivity index (χ1v) is 10.4. The summed E-state index contributed by atoms with van der Waals surface area (Å²) in [5.74, 6) is 2.53. The summed E-state index contributed by atoms with van der Waals surface area (Å²) in [6, 6.07) is 10.6. The lowest BCUT2D eigenvalue weighted by Gasteiger charge is -2.33. The second-order valence-corrected chi connectivity index (χ2v) is 8.09. The van der Waals surface area contributed by atoms with Gasteiger partial charge in [-0.05, 0) is 62.6 Å². The van der Waals surface area contributed by atoms with Crippen molar-refractivity contribution in [2.24, 2.45) is 5.92 Å². The average Bonchev–Trinajstić information content (AvgIpc) is 3.51. The molecule has 2 aromatic rings. The molecule has 2 N–H and O–H groups in total. The van der Waals surface area contributed by atoms with E-state index in [0.717, 1.165) is 48.8 Å². The Bertz CT molecular complexity index is 820. The molecule has 2 aliphatic rings. The number of aryl methyl sites for hydroxylation is 1. The average molecular weight is 380 g/mol. The van der Waals surface area contributed by atoms with Crippen molar-refractivity contribution in [1.29, 1.82) is 0 Å². The van der Waals surface area contributed by atoms with Crippen LogP contribution in [0.2, 0.25) is 0 Å². The SMILES string of the molecule is Cc1cccc(NC(=O)CC[C@H]2CCCN(c3cc(NC4CC4)ncn3)C2)c1. The number of carbonyl (C=O) groups is 1. The minimum absolute atomic E-state index is 0.0979. The highest BCUT2D eigenvalue weighted by molar-refractivity contribution is 5.90. The van der Waals surface area contributed by atoms with Crippen molar-refractivity contribution in [3.63, 3.8) is 0 Å². The zero-order valence-corrected chi connectivity index (χ0v) is 16.5. The molecular weight excluding hydrogens is 350 g/mol. The minimum Gasteiger partial charge on any atom is -0.367 e. The van der Waals surface area contributed by atoms with Crippen molar-refractivity contribution in [1.82, 2.24) is 9.97 Å². The summed E-state index contributed by atoms with van der Waals surface area (Å²) in [6.45, 7) is 4.01. The first kappa shape index (κ1) is 18.7. The third-order valence-electron chi connectivity index (χ3n) is 5.51. The number of aromatic nitrogens is 2. The van der Waals surface area contributed by atoms with Gasteiger partial charge in [-0.2, -0.15) is 0 Å². The van der Waals surface area contributed by atoms with Crippen molar-refractivity contribution in [2.45, 2.75) is 51.5 Å². The number of nitrogens with zero attached hydrogens (tertiary/aromatic N) is 3. The Morgan fingerprint density at radius 1 is 1.21 bits per heavy atom. The van der Waals surface area contributed by atoms with Gasteiger partial charge in [0.05, 0.1) is 0 Å². The summed E-state index contributed by atoms with van der Waals surface area (Å²) < 4.78 is 0. The molecule has 1 aliphatic heterocycles. The van der Waals surface area contributed by atoms with Crippen LogP contribution in [0.5, 0.6) is 0 Å². The lowest BCUT2D eigenvalue weighted by atomic mass is 9.93. The zero-order valence-electron chi connectivity index (χ0n) is 16.5. The van der Waals surface area contributed by atoms with E-state index in [-0.39, 0.29) is 5.91 Å². The van der Waals surface area contributed by atoms with Crippen molar-refractivity contribution < 1.29 is 4.79 Å². The number of hydrogen-bond acceptors (Lipinski definition) is 5. The van der Waals surface area contributed by atoms with Crippen LogP contribution in [-0.2, 0) is 4.79 Å². The van der Waals surface area contributed by atoms with Crippen LogP contribution in [0.3, 0.4) is 0 Å². The smallest absolute Gasteiger partial charge is 0.224 e. The van der Waals surface area contributed by atoms with Gasteiger partial charge in [0.1, 0.15) is 18.0 Å². The van der Waals surface area contributed by atoms with E-state index in [4.69, 9.17) is 0 Å². The highest BCUT2D eigenvalue weighted by atomic mass is 16.1.